The lowest BCUT2D eigenvalue weighted by molar-refractivity contribution is -0.136. The number of unbranched alkanes of at least 4 members (excludes halogenated alkanes) is 2. The molecule has 1 rings (SSSR count). The van der Waals surface area contributed by atoms with Gasteiger partial charge in [-0.2, -0.15) is 13.2 Å². The number of nitrogens with one attached hydrogen (secondary N) is 1. The van der Waals surface area contributed by atoms with Crippen LogP contribution in [-0.2, 0) is 4.79 Å². The first-order valence-electron chi connectivity index (χ1n) is 7.89. The van der Waals surface area contributed by atoms with Crippen molar-refractivity contribution in [1.82, 2.24) is 10.2 Å². The normalized spacial score (nSPS) is 23.4. The van der Waals surface area contributed by atoms with Crippen LogP contribution >= 0.6 is 0 Å². The highest BCUT2D eigenvalue weighted by atomic mass is 19.4. The van der Waals surface area contributed by atoms with Crippen LogP contribution in [0.5, 0.6) is 0 Å². The Balaban J connectivity index is 2.50. The molecule has 6 heteroatoms. The second-order valence-corrected chi connectivity index (χ2v) is 6.15. The minimum Gasteiger partial charge on any atom is -0.326 e. The largest absolute Gasteiger partial charge is 0.389 e. The summed E-state index contributed by atoms with van der Waals surface area (Å²) in [7, 11) is 0. The smallest absolute Gasteiger partial charge is 0.326 e. The summed E-state index contributed by atoms with van der Waals surface area (Å²) in [4.78, 5) is 14.1. The maximum absolute atomic E-state index is 12.4. The second kappa shape index (κ2) is 8.01. The molecule has 0 aromatic carbocycles. The van der Waals surface area contributed by atoms with Gasteiger partial charge < -0.3 is 4.90 Å². The Bertz CT molecular complexity index is 331. The van der Waals surface area contributed by atoms with Gasteiger partial charge in [0.15, 0.2) is 0 Å². The molecule has 1 saturated heterocycles. The van der Waals surface area contributed by atoms with Gasteiger partial charge in [0.1, 0.15) is 0 Å². The summed E-state index contributed by atoms with van der Waals surface area (Å²) in [6, 6.07) is -0.167. The number of amides is 1. The van der Waals surface area contributed by atoms with Crippen molar-refractivity contribution in [1.29, 1.82) is 0 Å². The monoisotopic (exact) mass is 308 g/mol. The Kier molecular flexibility index (Phi) is 6.97. The Labute approximate surface area is 125 Å². The van der Waals surface area contributed by atoms with E-state index in [9.17, 15) is 18.0 Å². The predicted molar refractivity (Wildman–Crippen MR) is 76.7 cm³/mol. The van der Waals surface area contributed by atoms with E-state index in [1.54, 1.807) is 4.90 Å². The molecule has 1 heterocycles. The standard InChI is InChI=1S/C15H27F3N2O/c1-4-5-8-12-14(21)20(13(19-12)11(2)3)10-7-6-9-15(16,17)18/h11-13,19H,4-10H2,1-3H3. The molecule has 0 bridgehead atoms. The van der Waals surface area contributed by atoms with Crippen LogP contribution in [0.2, 0.25) is 0 Å². The lowest BCUT2D eigenvalue weighted by atomic mass is 10.1. The highest BCUT2D eigenvalue weighted by Gasteiger charge is 2.39. The van der Waals surface area contributed by atoms with Crippen molar-refractivity contribution in [2.45, 2.75) is 77.7 Å². The Morgan fingerprint density at radius 3 is 2.43 bits per heavy atom. The summed E-state index contributed by atoms with van der Waals surface area (Å²) in [6.45, 7) is 6.54. The lowest BCUT2D eigenvalue weighted by Gasteiger charge is -2.27. The van der Waals surface area contributed by atoms with Crippen molar-refractivity contribution in [2.24, 2.45) is 5.92 Å². The molecule has 1 aliphatic rings. The first-order valence-corrected chi connectivity index (χ1v) is 7.89. The van der Waals surface area contributed by atoms with E-state index in [1.165, 1.54) is 0 Å². The fourth-order valence-corrected chi connectivity index (χ4v) is 2.73. The zero-order valence-corrected chi connectivity index (χ0v) is 13.2. The van der Waals surface area contributed by atoms with E-state index >= 15 is 0 Å². The molecule has 0 saturated carbocycles. The zero-order valence-electron chi connectivity index (χ0n) is 13.2. The van der Waals surface area contributed by atoms with Crippen LogP contribution in [0.1, 0.15) is 59.3 Å². The molecule has 0 aromatic rings. The van der Waals surface area contributed by atoms with Crippen LogP contribution in [-0.4, -0.2) is 35.7 Å². The van der Waals surface area contributed by atoms with Gasteiger partial charge in [0.2, 0.25) is 5.91 Å². The molecule has 1 amide bonds. The van der Waals surface area contributed by atoms with E-state index in [-0.39, 0.29) is 30.5 Å². The maximum Gasteiger partial charge on any atom is 0.389 e. The van der Waals surface area contributed by atoms with Crippen molar-refractivity contribution in [3.63, 3.8) is 0 Å². The van der Waals surface area contributed by atoms with Crippen LogP contribution in [0.3, 0.4) is 0 Å². The third-order valence-electron chi connectivity index (χ3n) is 3.88. The van der Waals surface area contributed by atoms with E-state index in [0.29, 0.717) is 13.0 Å². The first-order chi connectivity index (χ1) is 9.76. The summed E-state index contributed by atoms with van der Waals surface area (Å²) in [5.74, 6) is 0.303. The van der Waals surface area contributed by atoms with Crippen LogP contribution in [0.25, 0.3) is 0 Å². The fourth-order valence-electron chi connectivity index (χ4n) is 2.73. The molecule has 3 nitrogen and oxygen atoms in total. The first kappa shape index (κ1) is 18.3. The molecular formula is C15H27F3N2O. The molecule has 2 atom stereocenters. The number of alkyl halides is 3. The van der Waals surface area contributed by atoms with Crippen molar-refractivity contribution < 1.29 is 18.0 Å². The predicted octanol–water partition coefficient (Wildman–Crippen LogP) is 3.69. The summed E-state index contributed by atoms with van der Waals surface area (Å²) < 4.78 is 36.4. The van der Waals surface area contributed by atoms with Gasteiger partial charge in [-0.05, 0) is 25.2 Å². The van der Waals surface area contributed by atoms with Crippen molar-refractivity contribution in [3.8, 4) is 0 Å². The number of rotatable bonds is 8. The lowest BCUT2D eigenvalue weighted by Crippen LogP contribution is -2.42. The van der Waals surface area contributed by atoms with Crippen LogP contribution in [0, 0.1) is 5.92 Å². The van der Waals surface area contributed by atoms with E-state index < -0.39 is 12.6 Å². The third-order valence-corrected chi connectivity index (χ3v) is 3.88. The summed E-state index contributed by atoms with van der Waals surface area (Å²) >= 11 is 0. The minimum atomic E-state index is -4.10. The van der Waals surface area contributed by atoms with Gasteiger partial charge in [0.25, 0.3) is 0 Å². The number of carbonyl (C=O) groups is 1. The average molecular weight is 308 g/mol. The number of carbonyl (C=O) groups excluding carboxylic acids is 1. The van der Waals surface area contributed by atoms with Crippen LogP contribution in [0.4, 0.5) is 13.2 Å². The molecule has 124 valence electrons. The molecule has 2 unspecified atom stereocenters. The van der Waals surface area contributed by atoms with Gasteiger partial charge in [-0.3, -0.25) is 10.1 Å². The molecule has 0 aromatic heterocycles. The Morgan fingerprint density at radius 1 is 1.24 bits per heavy atom. The van der Waals surface area contributed by atoms with E-state index in [4.69, 9.17) is 0 Å². The molecule has 0 spiro atoms. The van der Waals surface area contributed by atoms with E-state index in [2.05, 4.69) is 12.2 Å². The highest BCUT2D eigenvalue weighted by Crippen LogP contribution is 2.24. The topological polar surface area (TPSA) is 32.3 Å². The number of hydrogen-bond acceptors (Lipinski definition) is 2. The van der Waals surface area contributed by atoms with Gasteiger partial charge in [-0.1, -0.05) is 33.6 Å². The molecule has 1 N–H and O–H groups in total. The summed E-state index contributed by atoms with van der Waals surface area (Å²) in [6.07, 6.45) is -1.63. The molecular weight excluding hydrogens is 281 g/mol. The van der Waals surface area contributed by atoms with Crippen molar-refractivity contribution >= 4 is 5.91 Å². The number of hydrogen-bond donors (Lipinski definition) is 1. The maximum atomic E-state index is 12.4. The molecule has 0 aliphatic carbocycles. The third kappa shape index (κ3) is 5.85. The second-order valence-electron chi connectivity index (χ2n) is 6.15. The van der Waals surface area contributed by atoms with Crippen molar-refractivity contribution in [2.75, 3.05) is 6.54 Å². The quantitative estimate of drug-likeness (QED) is 0.694. The minimum absolute atomic E-state index is 0.0501. The number of halogens is 3. The molecule has 21 heavy (non-hydrogen) atoms. The van der Waals surface area contributed by atoms with Gasteiger partial charge in [0, 0.05) is 13.0 Å². The van der Waals surface area contributed by atoms with E-state index in [0.717, 1.165) is 19.3 Å². The number of nitrogens with zero attached hydrogens (tertiary/aromatic N) is 1. The molecule has 1 aliphatic heterocycles. The van der Waals surface area contributed by atoms with Gasteiger partial charge in [0.05, 0.1) is 12.2 Å². The van der Waals surface area contributed by atoms with E-state index in [1.807, 2.05) is 13.8 Å². The Hall–Kier alpha value is -0.780. The van der Waals surface area contributed by atoms with Gasteiger partial charge in [-0.25, -0.2) is 0 Å². The van der Waals surface area contributed by atoms with Crippen LogP contribution < -0.4 is 5.32 Å². The summed E-state index contributed by atoms with van der Waals surface area (Å²) in [5.41, 5.74) is 0. The highest BCUT2D eigenvalue weighted by molar-refractivity contribution is 5.84. The van der Waals surface area contributed by atoms with Crippen LogP contribution in [0.15, 0.2) is 0 Å². The molecule has 0 radical (unpaired) electrons. The van der Waals surface area contributed by atoms with Crippen molar-refractivity contribution in [3.05, 3.63) is 0 Å². The summed E-state index contributed by atoms with van der Waals surface area (Å²) in [5, 5.41) is 3.34. The van der Waals surface area contributed by atoms with Gasteiger partial charge >= 0.3 is 6.18 Å². The zero-order chi connectivity index (χ0) is 16.0. The van der Waals surface area contributed by atoms with Gasteiger partial charge in [-0.15, -0.1) is 0 Å². The average Bonchev–Trinajstić information content (AvgIpc) is 2.68. The Morgan fingerprint density at radius 2 is 1.90 bits per heavy atom. The SMILES string of the molecule is CCCCC1NC(C(C)C)N(CCCCC(F)(F)F)C1=O. The fraction of sp³-hybridized carbons (Fsp3) is 0.933. The molecule has 1 fully saturated rings.